The molecule has 2 rings (SSSR count). The van der Waals surface area contributed by atoms with Crippen molar-refractivity contribution in [2.24, 2.45) is 7.05 Å². The minimum absolute atomic E-state index is 0.130. The zero-order valence-corrected chi connectivity index (χ0v) is 11.1. The van der Waals surface area contributed by atoms with Crippen LogP contribution in [-0.2, 0) is 7.05 Å². The highest BCUT2D eigenvalue weighted by Gasteiger charge is 2.07. The SMILES string of the molecule is Cn1cc(NC(=O)c2ccc(Br)cn2)ccc1=O. The minimum atomic E-state index is -0.318. The highest BCUT2D eigenvalue weighted by atomic mass is 79.9. The second-order valence-electron chi connectivity index (χ2n) is 3.68. The Bertz CT molecular complexity index is 635. The summed E-state index contributed by atoms with van der Waals surface area (Å²) >= 11 is 3.25. The molecule has 0 bridgehead atoms. The van der Waals surface area contributed by atoms with E-state index < -0.39 is 0 Å². The Morgan fingerprint density at radius 2 is 2.11 bits per heavy atom. The van der Waals surface area contributed by atoms with Gasteiger partial charge in [-0.05, 0) is 34.1 Å². The van der Waals surface area contributed by atoms with Gasteiger partial charge < -0.3 is 9.88 Å². The van der Waals surface area contributed by atoms with Crippen molar-refractivity contribution in [2.45, 2.75) is 0 Å². The van der Waals surface area contributed by atoms with Gasteiger partial charge in [-0.25, -0.2) is 4.98 Å². The van der Waals surface area contributed by atoms with Crippen molar-refractivity contribution in [3.05, 3.63) is 57.2 Å². The van der Waals surface area contributed by atoms with E-state index >= 15 is 0 Å². The smallest absolute Gasteiger partial charge is 0.274 e. The molecule has 0 atom stereocenters. The first-order valence-electron chi connectivity index (χ1n) is 5.16. The van der Waals surface area contributed by atoms with Crippen molar-refractivity contribution < 1.29 is 4.79 Å². The van der Waals surface area contributed by atoms with Gasteiger partial charge in [-0.3, -0.25) is 9.59 Å². The lowest BCUT2D eigenvalue weighted by molar-refractivity contribution is 0.102. The lowest BCUT2D eigenvalue weighted by atomic mass is 10.3. The van der Waals surface area contributed by atoms with Crippen molar-refractivity contribution in [1.29, 1.82) is 0 Å². The van der Waals surface area contributed by atoms with Gasteiger partial charge in [0.05, 0.1) is 5.69 Å². The normalized spacial score (nSPS) is 10.1. The fourth-order valence-electron chi connectivity index (χ4n) is 1.37. The third-order valence-electron chi connectivity index (χ3n) is 2.30. The monoisotopic (exact) mass is 307 g/mol. The summed E-state index contributed by atoms with van der Waals surface area (Å²) in [6, 6.07) is 6.30. The van der Waals surface area contributed by atoms with Gasteiger partial charge in [-0.1, -0.05) is 0 Å². The van der Waals surface area contributed by atoms with Crippen LogP contribution in [0.1, 0.15) is 10.5 Å². The molecule has 0 aliphatic carbocycles. The highest BCUT2D eigenvalue weighted by molar-refractivity contribution is 9.10. The molecule has 0 saturated carbocycles. The van der Waals surface area contributed by atoms with Gasteiger partial charge in [-0.15, -0.1) is 0 Å². The van der Waals surface area contributed by atoms with Crippen LogP contribution in [0.15, 0.2) is 45.9 Å². The zero-order chi connectivity index (χ0) is 13.1. The first kappa shape index (κ1) is 12.5. The van der Waals surface area contributed by atoms with E-state index in [1.807, 2.05) is 0 Å². The number of nitrogens with one attached hydrogen (secondary N) is 1. The number of rotatable bonds is 2. The minimum Gasteiger partial charge on any atom is -0.319 e. The Morgan fingerprint density at radius 3 is 2.72 bits per heavy atom. The van der Waals surface area contributed by atoms with Gasteiger partial charge in [0.15, 0.2) is 0 Å². The molecule has 18 heavy (non-hydrogen) atoms. The van der Waals surface area contributed by atoms with E-state index in [2.05, 4.69) is 26.2 Å². The third-order valence-corrected chi connectivity index (χ3v) is 2.77. The molecule has 6 heteroatoms. The highest BCUT2D eigenvalue weighted by Crippen LogP contribution is 2.09. The molecule has 0 aliphatic rings. The number of carbonyl (C=O) groups is 1. The molecule has 1 N–H and O–H groups in total. The molecule has 0 unspecified atom stereocenters. The van der Waals surface area contributed by atoms with Crippen molar-refractivity contribution in [3.63, 3.8) is 0 Å². The number of nitrogens with zero attached hydrogens (tertiary/aromatic N) is 2. The second kappa shape index (κ2) is 5.14. The summed E-state index contributed by atoms with van der Waals surface area (Å²) in [5, 5.41) is 2.67. The van der Waals surface area contributed by atoms with Gasteiger partial charge in [0, 0.05) is 30.0 Å². The molecule has 2 aromatic heterocycles. The average Bonchev–Trinajstić information content (AvgIpc) is 2.34. The maximum atomic E-state index is 11.8. The quantitative estimate of drug-likeness (QED) is 0.920. The van der Waals surface area contributed by atoms with Crippen LogP contribution in [0.3, 0.4) is 0 Å². The Hall–Kier alpha value is -1.95. The summed E-state index contributed by atoms with van der Waals surface area (Å²) in [5.41, 5.74) is 0.730. The third kappa shape index (κ3) is 2.84. The van der Waals surface area contributed by atoms with Gasteiger partial charge in [0.2, 0.25) is 5.56 Å². The number of pyridine rings is 2. The van der Waals surface area contributed by atoms with Crippen LogP contribution in [0.4, 0.5) is 5.69 Å². The molecule has 5 nitrogen and oxygen atoms in total. The molecular weight excluding hydrogens is 298 g/mol. The van der Waals surface area contributed by atoms with E-state index in [4.69, 9.17) is 0 Å². The predicted molar refractivity (Wildman–Crippen MR) is 71.6 cm³/mol. The molecule has 92 valence electrons. The summed E-state index contributed by atoms with van der Waals surface area (Å²) in [4.78, 5) is 27.0. The van der Waals surface area contributed by atoms with Crippen LogP contribution in [0.5, 0.6) is 0 Å². The molecule has 0 saturated heterocycles. The van der Waals surface area contributed by atoms with E-state index in [9.17, 15) is 9.59 Å². The van der Waals surface area contributed by atoms with Crippen LogP contribution >= 0.6 is 15.9 Å². The van der Waals surface area contributed by atoms with Crippen LogP contribution in [-0.4, -0.2) is 15.5 Å². The van der Waals surface area contributed by atoms with Crippen LogP contribution < -0.4 is 10.9 Å². The average molecular weight is 308 g/mol. The van der Waals surface area contributed by atoms with Crippen molar-refractivity contribution in [2.75, 3.05) is 5.32 Å². The Kier molecular flexibility index (Phi) is 3.57. The van der Waals surface area contributed by atoms with Gasteiger partial charge >= 0.3 is 0 Å². The van der Waals surface area contributed by atoms with Crippen LogP contribution in [0.25, 0.3) is 0 Å². The van der Waals surface area contributed by atoms with Crippen molar-refractivity contribution in [1.82, 2.24) is 9.55 Å². The molecule has 0 fully saturated rings. The van der Waals surface area contributed by atoms with E-state index in [0.717, 1.165) is 4.47 Å². The summed E-state index contributed by atoms with van der Waals surface area (Å²) < 4.78 is 2.20. The lowest BCUT2D eigenvalue weighted by Crippen LogP contribution is -2.18. The maximum Gasteiger partial charge on any atom is 0.274 e. The maximum absolute atomic E-state index is 11.8. The fourth-order valence-corrected chi connectivity index (χ4v) is 1.61. The van der Waals surface area contributed by atoms with E-state index in [-0.39, 0.29) is 11.5 Å². The number of aromatic nitrogens is 2. The summed E-state index contributed by atoms with van der Waals surface area (Å²) in [6.07, 6.45) is 3.11. The fraction of sp³-hybridized carbons (Fsp3) is 0.0833. The number of hydrogen-bond donors (Lipinski definition) is 1. The molecule has 2 aromatic rings. The van der Waals surface area contributed by atoms with E-state index in [1.165, 1.54) is 10.6 Å². The zero-order valence-electron chi connectivity index (χ0n) is 9.55. The molecular formula is C12H10BrN3O2. The molecule has 2 heterocycles. The Balaban J connectivity index is 2.18. The molecule has 1 amide bonds. The standard InChI is InChI=1S/C12H10BrN3O2/c1-16-7-9(3-5-11(16)17)15-12(18)10-4-2-8(13)6-14-10/h2-7H,1H3,(H,15,18). The summed E-state index contributed by atoms with van der Waals surface area (Å²) in [7, 11) is 1.62. The largest absolute Gasteiger partial charge is 0.319 e. The number of hydrogen-bond acceptors (Lipinski definition) is 3. The van der Waals surface area contributed by atoms with E-state index in [1.54, 1.807) is 37.6 Å². The summed E-state index contributed by atoms with van der Waals surface area (Å²) in [5.74, 6) is -0.318. The Labute approximate surface area is 112 Å². The van der Waals surface area contributed by atoms with Crippen molar-refractivity contribution in [3.8, 4) is 0 Å². The Morgan fingerprint density at radius 1 is 1.33 bits per heavy atom. The van der Waals surface area contributed by atoms with Gasteiger partial charge in [-0.2, -0.15) is 0 Å². The molecule has 0 spiro atoms. The van der Waals surface area contributed by atoms with Crippen molar-refractivity contribution >= 4 is 27.5 Å². The van der Waals surface area contributed by atoms with Crippen LogP contribution in [0, 0.1) is 0 Å². The second-order valence-corrected chi connectivity index (χ2v) is 4.60. The topological polar surface area (TPSA) is 64.0 Å². The summed E-state index contributed by atoms with van der Waals surface area (Å²) in [6.45, 7) is 0. The van der Waals surface area contributed by atoms with Gasteiger partial charge in [0.1, 0.15) is 5.69 Å². The molecule has 0 aromatic carbocycles. The first-order valence-corrected chi connectivity index (χ1v) is 5.95. The van der Waals surface area contributed by atoms with Gasteiger partial charge in [0.25, 0.3) is 5.91 Å². The molecule has 0 aliphatic heterocycles. The number of aryl methyl sites for hydroxylation is 1. The molecule has 0 radical (unpaired) electrons. The number of amides is 1. The lowest BCUT2D eigenvalue weighted by Gasteiger charge is -2.05. The number of halogens is 1. The number of anilines is 1. The predicted octanol–water partition coefficient (Wildman–Crippen LogP) is 1.80. The van der Waals surface area contributed by atoms with Crippen LogP contribution in [0.2, 0.25) is 0 Å². The van der Waals surface area contributed by atoms with E-state index in [0.29, 0.717) is 11.4 Å². The first-order chi connectivity index (χ1) is 8.56. The number of carbonyl (C=O) groups excluding carboxylic acids is 1.